The molecule has 0 aromatic heterocycles. The van der Waals surface area contributed by atoms with Crippen molar-refractivity contribution in [2.24, 2.45) is 5.73 Å². The summed E-state index contributed by atoms with van der Waals surface area (Å²) in [7, 11) is 0. The van der Waals surface area contributed by atoms with E-state index in [4.69, 9.17) is 22.4 Å². The molecule has 0 saturated heterocycles. The van der Waals surface area contributed by atoms with E-state index in [0.717, 1.165) is 18.2 Å². The van der Waals surface area contributed by atoms with Crippen LogP contribution in [0.3, 0.4) is 0 Å². The first kappa shape index (κ1) is 16.4. The third-order valence-electron chi connectivity index (χ3n) is 2.42. The quantitative estimate of drug-likeness (QED) is 0.507. The van der Waals surface area contributed by atoms with E-state index in [1.165, 1.54) is 0 Å². The topological polar surface area (TPSA) is 153 Å². The van der Waals surface area contributed by atoms with Crippen LogP contribution in [-0.2, 0) is 9.59 Å². The zero-order valence-electron chi connectivity index (χ0n) is 10.4. The highest BCUT2D eigenvalue weighted by atomic mass is 35.5. The Kier molecular flexibility index (Phi) is 5.19. The summed E-state index contributed by atoms with van der Waals surface area (Å²) in [6.07, 6.45) is -0.582. The second-order valence-corrected chi connectivity index (χ2v) is 4.37. The van der Waals surface area contributed by atoms with Crippen LogP contribution < -0.4 is 11.1 Å². The highest BCUT2D eigenvalue weighted by Gasteiger charge is 2.23. The van der Waals surface area contributed by atoms with Gasteiger partial charge >= 0.3 is 5.97 Å². The molecule has 0 unspecified atom stereocenters. The molecule has 1 rings (SSSR count). The number of carbonyl (C=O) groups is 3. The van der Waals surface area contributed by atoms with Crippen LogP contribution in [0, 0.1) is 10.1 Å². The van der Waals surface area contributed by atoms with Crippen molar-refractivity contribution in [2.75, 3.05) is 0 Å². The van der Waals surface area contributed by atoms with Crippen LogP contribution in [0.4, 0.5) is 5.69 Å². The Labute approximate surface area is 122 Å². The largest absolute Gasteiger partial charge is 0.480 e. The summed E-state index contributed by atoms with van der Waals surface area (Å²) in [4.78, 5) is 43.3. The van der Waals surface area contributed by atoms with Crippen molar-refractivity contribution in [3.63, 3.8) is 0 Å². The molecular formula is C11H10ClN3O6. The molecule has 0 fully saturated rings. The number of nitrogens with one attached hydrogen (secondary N) is 1. The Morgan fingerprint density at radius 3 is 2.48 bits per heavy atom. The maximum absolute atomic E-state index is 11.8. The zero-order chi connectivity index (χ0) is 16.2. The molecular weight excluding hydrogens is 306 g/mol. The minimum Gasteiger partial charge on any atom is -0.480 e. The molecule has 1 aromatic carbocycles. The van der Waals surface area contributed by atoms with E-state index in [9.17, 15) is 24.5 Å². The lowest BCUT2D eigenvalue weighted by molar-refractivity contribution is -0.384. The van der Waals surface area contributed by atoms with Crippen LogP contribution >= 0.6 is 11.6 Å². The van der Waals surface area contributed by atoms with Crippen LogP contribution in [0.1, 0.15) is 16.8 Å². The Morgan fingerprint density at radius 2 is 2.05 bits per heavy atom. The van der Waals surface area contributed by atoms with Gasteiger partial charge in [0, 0.05) is 11.6 Å². The number of amides is 2. The van der Waals surface area contributed by atoms with E-state index in [-0.39, 0.29) is 16.3 Å². The number of aliphatic carboxylic acids is 1. The lowest BCUT2D eigenvalue weighted by Gasteiger charge is -2.12. The smallest absolute Gasteiger partial charge is 0.326 e. The van der Waals surface area contributed by atoms with Gasteiger partial charge in [-0.25, -0.2) is 4.79 Å². The van der Waals surface area contributed by atoms with Crippen molar-refractivity contribution < 1.29 is 24.4 Å². The van der Waals surface area contributed by atoms with E-state index in [2.05, 4.69) is 5.32 Å². The number of nitro groups is 1. The van der Waals surface area contributed by atoms with Gasteiger partial charge in [-0.2, -0.15) is 0 Å². The number of carboxylic acids is 1. The molecule has 9 nitrogen and oxygen atoms in total. The van der Waals surface area contributed by atoms with Gasteiger partial charge in [-0.3, -0.25) is 19.7 Å². The monoisotopic (exact) mass is 315 g/mol. The fourth-order valence-electron chi connectivity index (χ4n) is 1.44. The summed E-state index contributed by atoms with van der Waals surface area (Å²) in [5, 5.41) is 21.2. The third-order valence-corrected chi connectivity index (χ3v) is 2.72. The zero-order valence-corrected chi connectivity index (χ0v) is 11.2. The molecule has 0 radical (unpaired) electrons. The Bertz CT molecular complexity index is 618. The van der Waals surface area contributed by atoms with Gasteiger partial charge in [-0.1, -0.05) is 11.6 Å². The van der Waals surface area contributed by atoms with Crippen molar-refractivity contribution in [2.45, 2.75) is 12.5 Å². The van der Waals surface area contributed by atoms with Gasteiger partial charge < -0.3 is 16.2 Å². The maximum atomic E-state index is 11.8. The molecule has 112 valence electrons. The van der Waals surface area contributed by atoms with Crippen LogP contribution in [-0.4, -0.2) is 33.9 Å². The van der Waals surface area contributed by atoms with Crippen LogP contribution in [0.15, 0.2) is 18.2 Å². The summed E-state index contributed by atoms with van der Waals surface area (Å²) in [6, 6.07) is 1.66. The Hall–Kier alpha value is -2.68. The summed E-state index contributed by atoms with van der Waals surface area (Å²) in [6.45, 7) is 0. The Morgan fingerprint density at radius 1 is 1.43 bits per heavy atom. The average Bonchev–Trinajstić information content (AvgIpc) is 2.36. The number of halogens is 1. The van der Waals surface area contributed by atoms with Crippen molar-refractivity contribution in [1.29, 1.82) is 0 Å². The number of nitro benzene ring substituents is 1. The number of carbonyl (C=O) groups excluding carboxylic acids is 2. The molecule has 0 aliphatic carbocycles. The molecule has 4 N–H and O–H groups in total. The van der Waals surface area contributed by atoms with Crippen molar-refractivity contribution in [3.05, 3.63) is 38.9 Å². The van der Waals surface area contributed by atoms with Crippen LogP contribution in [0.25, 0.3) is 0 Å². The molecule has 2 amide bonds. The predicted octanol–water partition coefficient (Wildman–Crippen LogP) is 0.307. The SMILES string of the molecule is NC(=O)C[C@H](NC(=O)c1ccc([N+](=O)[O-])c(Cl)c1)C(=O)O. The molecule has 21 heavy (non-hydrogen) atoms. The number of hydrogen-bond donors (Lipinski definition) is 3. The van der Waals surface area contributed by atoms with Gasteiger partial charge in [0.1, 0.15) is 11.1 Å². The average molecular weight is 316 g/mol. The summed E-state index contributed by atoms with van der Waals surface area (Å²) >= 11 is 5.64. The van der Waals surface area contributed by atoms with Gasteiger partial charge in [0.2, 0.25) is 5.91 Å². The number of nitrogens with two attached hydrogens (primary N) is 1. The van der Waals surface area contributed by atoms with Gasteiger partial charge in [0.25, 0.3) is 11.6 Å². The number of primary amides is 1. The van der Waals surface area contributed by atoms with E-state index < -0.39 is 35.2 Å². The molecule has 0 saturated carbocycles. The highest BCUT2D eigenvalue weighted by molar-refractivity contribution is 6.33. The van der Waals surface area contributed by atoms with Gasteiger partial charge in [0.15, 0.2) is 0 Å². The third kappa shape index (κ3) is 4.42. The molecule has 1 atom stereocenters. The first-order chi connectivity index (χ1) is 9.72. The molecule has 0 aliphatic heterocycles. The van der Waals surface area contributed by atoms with E-state index in [1.807, 2.05) is 0 Å². The molecule has 0 aliphatic rings. The maximum Gasteiger partial charge on any atom is 0.326 e. The van der Waals surface area contributed by atoms with Crippen molar-refractivity contribution in [1.82, 2.24) is 5.32 Å². The van der Waals surface area contributed by atoms with E-state index in [1.54, 1.807) is 0 Å². The summed E-state index contributed by atoms with van der Waals surface area (Å²) < 4.78 is 0. The van der Waals surface area contributed by atoms with Gasteiger partial charge in [-0.05, 0) is 12.1 Å². The molecule has 0 spiro atoms. The van der Waals surface area contributed by atoms with Crippen LogP contribution in [0.2, 0.25) is 5.02 Å². The minimum atomic E-state index is -1.50. The molecule has 0 heterocycles. The second-order valence-electron chi connectivity index (χ2n) is 3.96. The molecule has 0 bridgehead atoms. The lowest BCUT2D eigenvalue weighted by atomic mass is 10.1. The molecule has 1 aromatic rings. The normalized spacial score (nSPS) is 11.5. The second kappa shape index (κ2) is 6.66. The number of hydrogen-bond acceptors (Lipinski definition) is 5. The molecule has 10 heteroatoms. The number of nitrogens with zero attached hydrogens (tertiary/aromatic N) is 1. The van der Waals surface area contributed by atoms with Crippen LogP contribution in [0.5, 0.6) is 0 Å². The fourth-order valence-corrected chi connectivity index (χ4v) is 1.69. The fraction of sp³-hybridized carbons (Fsp3) is 0.182. The standard InChI is InChI=1S/C11H10ClN3O6/c12-6-3-5(1-2-8(6)15(20)21)10(17)14-7(11(18)19)4-9(13)16/h1-3,7H,4H2,(H2,13,16)(H,14,17)(H,18,19)/t7-/m0/s1. The first-order valence-electron chi connectivity index (χ1n) is 5.48. The predicted molar refractivity (Wildman–Crippen MR) is 70.8 cm³/mol. The summed E-state index contributed by atoms with van der Waals surface area (Å²) in [5.74, 6) is -3.18. The van der Waals surface area contributed by atoms with Crippen molar-refractivity contribution >= 4 is 35.1 Å². The number of benzene rings is 1. The highest BCUT2D eigenvalue weighted by Crippen LogP contribution is 2.24. The van der Waals surface area contributed by atoms with E-state index >= 15 is 0 Å². The van der Waals surface area contributed by atoms with Gasteiger partial charge in [-0.15, -0.1) is 0 Å². The lowest BCUT2D eigenvalue weighted by Crippen LogP contribution is -2.43. The van der Waals surface area contributed by atoms with Crippen molar-refractivity contribution in [3.8, 4) is 0 Å². The number of carboxylic acid groups (broad SMARTS) is 1. The Balaban J connectivity index is 2.93. The first-order valence-corrected chi connectivity index (χ1v) is 5.86. The minimum absolute atomic E-state index is 0.0821. The van der Waals surface area contributed by atoms with Gasteiger partial charge in [0.05, 0.1) is 11.3 Å². The van der Waals surface area contributed by atoms with E-state index in [0.29, 0.717) is 0 Å². The summed E-state index contributed by atoms with van der Waals surface area (Å²) in [5.41, 5.74) is 4.40. The number of rotatable bonds is 6.